The molecule has 3 aromatic carbocycles. The van der Waals surface area contributed by atoms with E-state index in [1.54, 1.807) is 0 Å². The van der Waals surface area contributed by atoms with Crippen molar-refractivity contribution in [3.63, 3.8) is 0 Å². The van der Waals surface area contributed by atoms with Crippen molar-refractivity contribution in [2.45, 2.75) is 66.2 Å². The van der Waals surface area contributed by atoms with Crippen LogP contribution < -0.4 is 0 Å². The lowest BCUT2D eigenvalue weighted by atomic mass is 9.81. The predicted molar refractivity (Wildman–Crippen MR) is 120 cm³/mol. The Morgan fingerprint density at radius 3 is 1.71 bits per heavy atom. The van der Waals surface area contributed by atoms with Gasteiger partial charge in [0, 0.05) is 0 Å². The largest absolute Gasteiger partial charge is 0.462 e. The van der Waals surface area contributed by atoms with Crippen molar-refractivity contribution in [1.82, 2.24) is 0 Å². The zero-order valence-corrected chi connectivity index (χ0v) is 18.5. The molecule has 0 saturated carbocycles. The number of esters is 1. The third-order valence-electron chi connectivity index (χ3n) is 5.59. The van der Waals surface area contributed by atoms with Crippen LogP contribution in [0, 0.1) is 6.92 Å². The average molecular weight is 377 g/mol. The van der Waals surface area contributed by atoms with E-state index in [0.29, 0.717) is 12.2 Å². The van der Waals surface area contributed by atoms with Crippen LogP contribution in [0.2, 0.25) is 0 Å². The first-order chi connectivity index (χ1) is 12.9. The Morgan fingerprint density at radius 1 is 0.786 bits per heavy atom. The third-order valence-corrected chi connectivity index (χ3v) is 5.59. The fourth-order valence-corrected chi connectivity index (χ4v) is 3.81. The smallest absolute Gasteiger partial charge is 0.339 e. The SMILES string of the molecule is CCOC(=O)c1c(C)c2cc(C(C)(C)C)ccc2c2ccc(C(C)(C)C)cc12. The van der Waals surface area contributed by atoms with Gasteiger partial charge >= 0.3 is 5.97 Å². The topological polar surface area (TPSA) is 26.3 Å². The highest BCUT2D eigenvalue weighted by Crippen LogP contribution is 2.37. The number of benzene rings is 3. The van der Waals surface area contributed by atoms with Crippen molar-refractivity contribution in [3.8, 4) is 0 Å². The molecule has 0 amide bonds. The van der Waals surface area contributed by atoms with E-state index in [1.165, 1.54) is 16.5 Å². The summed E-state index contributed by atoms with van der Waals surface area (Å²) in [6.45, 7) is 17.5. The van der Waals surface area contributed by atoms with E-state index in [9.17, 15) is 4.79 Å². The molecule has 0 fully saturated rings. The average Bonchev–Trinajstić information content (AvgIpc) is 2.60. The quantitative estimate of drug-likeness (QED) is 0.353. The van der Waals surface area contributed by atoms with Gasteiger partial charge in [-0.05, 0) is 69.0 Å². The van der Waals surface area contributed by atoms with Gasteiger partial charge in [0.05, 0.1) is 12.2 Å². The highest BCUT2D eigenvalue weighted by molar-refractivity contribution is 6.18. The lowest BCUT2D eigenvalue weighted by Gasteiger charge is -2.23. The van der Waals surface area contributed by atoms with E-state index in [4.69, 9.17) is 4.74 Å². The van der Waals surface area contributed by atoms with E-state index in [1.807, 2.05) is 13.8 Å². The van der Waals surface area contributed by atoms with Crippen molar-refractivity contribution in [3.05, 3.63) is 58.7 Å². The number of rotatable bonds is 2. The van der Waals surface area contributed by atoms with Gasteiger partial charge in [0.15, 0.2) is 0 Å². The molecule has 3 rings (SSSR count). The summed E-state index contributed by atoms with van der Waals surface area (Å²) in [6.07, 6.45) is 0. The maximum absolute atomic E-state index is 12.9. The molecule has 2 heteroatoms. The minimum absolute atomic E-state index is 0.0130. The first-order valence-electron chi connectivity index (χ1n) is 10.1. The Kier molecular flexibility index (Phi) is 5.04. The van der Waals surface area contributed by atoms with Gasteiger partial charge in [-0.1, -0.05) is 71.9 Å². The molecule has 0 radical (unpaired) electrons. The molecule has 0 aliphatic rings. The molecule has 0 saturated heterocycles. The van der Waals surface area contributed by atoms with Crippen LogP contribution in [0.15, 0.2) is 36.4 Å². The molecule has 0 N–H and O–H groups in total. The van der Waals surface area contributed by atoms with Crippen LogP contribution in [0.4, 0.5) is 0 Å². The highest BCUT2D eigenvalue weighted by Gasteiger charge is 2.23. The third kappa shape index (κ3) is 3.53. The predicted octanol–water partition coefficient (Wildman–Crippen LogP) is 7.07. The molecule has 148 valence electrons. The van der Waals surface area contributed by atoms with Gasteiger partial charge in [-0.2, -0.15) is 0 Å². The fraction of sp³-hybridized carbons (Fsp3) is 0.423. The zero-order chi connectivity index (χ0) is 20.9. The number of hydrogen-bond donors (Lipinski definition) is 0. The second-order valence-electron chi connectivity index (χ2n) is 9.74. The molecule has 0 aliphatic heterocycles. The van der Waals surface area contributed by atoms with Crippen molar-refractivity contribution in [1.29, 1.82) is 0 Å². The number of carbonyl (C=O) groups excluding carboxylic acids is 1. The van der Waals surface area contributed by atoms with Gasteiger partial charge in [0.2, 0.25) is 0 Å². The molecule has 0 bridgehead atoms. The lowest BCUT2D eigenvalue weighted by Crippen LogP contribution is -2.13. The van der Waals surface area contributed by atoms with Crippen LogP contribution in [-0.2, 0) is 15.6 Å². The number of aryl methyl sites for hydroxylation is 1. The van der Waals surface area contributed by atoms with E-state index in [2.05, 4.69) is 77.9 Å². The van der Waals surface area contributed by atoms with E-state index < -0.39 is 0 Å². The Bertz CT molecular complexity index is 1060. The second kappa shape index (κ2) is 6.92. The Hall–Kier alpha value is -2.35. The Labute approximate surface area is 168 Å². The monoisotopic (exact) mass is 376 g/mol. The summed E-state index contributed by atoms with van der Waals surface area (Å²) in [7, 11) is 0. The molecular weight excluding hydrogens is 344 g/mol. The number of hydrogen-bond acceptors (Lipinski definition) is 2. The molecular formula is C26H32O2. The normalized spacial score (nSPS) is 12.6. The van der Waals surface area contributed by atoms with Crippen LogP contribution >= 0.6 is 0 Å². The number of ether oxygens (including phenoxy) is 1. The van der Waals surface area contributed by atoms with Gasteiger partial charge in [-0.15, -0.1) is 0 Å². The fourth-order valence-electron chi connectivity index (χ4n) is 3.81. The van der Waals surface area contributed by atoms with E-state index >= 15 is 0 Å². The summed E-state index contributed by atoms with van der Waals surface area (Å²) in [5, 5.41) is 4.41. The first-order valence-corrected chi connectivity index (χ1v) is 10.1. The van der Waals surface area contributed by atoms with Gasteiger partial charge in [0.25, 0.3) is 0 Å². The second-order valence-corrected chi connectivity index (χ2v) is 9.74. The Balaban J connectivity index is 2.46. The highest BCUT2D eigenvalue weighted by atomic mass is 16.5. The van der Waals surface area contributed by atoms with Crippen LogP contribution in [0.1, 0.15) is 75.5 Å². The van der Waals surface area contributed by atoms with Crippen molar-refractivity contribution in [2.24, 2.45) is 0 Å². The van der Waals surface area contributed by atoms with Gasteiger partial charge in [0.1, 0.15) is 0 Å². The number of carbonyl (C=O) groups is 1. The molecule has 28 heavy (non-hydrogen) atoms. The van der Waals surface area contributed by atoms with Crippen LogP contribution in [-0.4, -0.2) is 12.6 Å². The maximum Gasteiger partial charge on any atom is 0.339 e. The summed E-state index contributed by atoms with van der Waals surface area (Å²) in [5.74, 6) is -0.237. The van der Waals surface area contributed by atoms with Crippen LogP contribution in [0.3, 0.4) is 0 Å². The Morgan fingerprint density at radius 2 is 1.25 bits per heavy atom. The van der Waals surface area contributed by atoms with Gasteiger partial charge < -0.3 is 4.74 Å². The van der Waals surface area contributed by atoms with E-state index in [0.717, 1.165) is 21.7 Å². The van der Waals surface area contributed by atoms with Gasteiger partial charge in [-0.3, -0.25) is 0 Å². The van der Waals surface area contributed by atoms with Crippen molar-refractivity contribution in [2.75, 3.05) is 6.61 Å². The maximum atomic E-state index is 12.9. The van der Waals surface area contributed by atoms with Crippen molar-refractivity contribution >= 4 is 27.5 Å². The molecule has 0 atom stereocenters. The van der Waals surface area contributed by atoms with Gasteiger partial charge in [-0.25, -0.2) is 4.79 Å². The van der Waals surface area contributed by atoms with E-state index in [-0.39, 0.29) is 16.8 Å². The molecule has 0 heterocycles. The van der Waals surface area contributed by atoms with Crippen molar-refractivity contribution < 1.29 is 9.53 Å². The molecule has 0 aliphatic carbocycles. The summed E-state index contributed by atoms with van der Waals surface area (Å²) in [4.78, 5) is 12.9. The molecule has 0 spiro atoms. The summed E-state index contributed by atoms with van der Waals surface area (Å²) in [6, 6.07) is 13.2. The standard InChI is InChI=1S/C26H32O2/c1-9-28-24(27)23-16(2)21-14-17(25(3,4)5)10-12-19(21)20-13-11-18(15-22(20)23)26(6,7)8/h10-15H,9H2,1-8H3. The minimum atomic E-state index is -0.237. The zero-order valence-electron chi connectivity index (χ0n) is 18.5. The summed E-state index contributed by atoms with van der Waals surface area (Å²) < 4.78 is 5.45. The molecule has 0 aromatic heterocycles. The van der Waals surface area contributed by atoms with Crippen LogP contribution in [0.25, 0.3) is 21.5 Å². The van der Waals surface area contributed by atoms with Crippen LogP contribution in [0.5, 0.6) is 0 Å². The minimum Gasteiger partial charge on any atom is -0.462 e. The number of fused-ring (bicyclic) bond motifs is 3. The summed E-state index contributed by atoms with van der Waals surface area (Å²) >= 11 is 0. The first kappa shape index (κ1) is 20.4. The molecule has 0 unspecified atom stereocenters. The summed E-state index contributed by atoms with van der Waals surface area (Å²) in [5.41, 5.74) is 4.24. The molecule has 2 nitrogen and oxygen atoms in total. The lowest BCUT2D eigenvalue weighted by molar-refractivity contribution is 0.0528. The molecule has 3 aromatic rings.